The first kappa shape index (κ1) is 22.0. The minimum atomic E-state index is -4.92. The van der Waals surface area contributed by atoms with Gasteiger partial charge in [-0.05, 0) is 43.6 Å². The molecule has 2 aliphatic carbocycles. The quantitative estimate of drug-likeness (QED) is 0.547. The van der Waals surface area contributed by atoms with Crippen molar-refractivity contribution >= 4 is 6.16 Å². The summed E-state index contributed by atoms with van der Waals surface area (Å²) >= 11 is 0. The van der Waals surface area contributed by atoms with Crippen LogP contribution >= 0.6 is 0 Å². The molecule has 4 rings (SSSR count). The molecule has 0 bridgehead atoms. The van der Waals surface area contributed by atoms with Crippen molar-refractivity contribution in [3.63, 3.8) is 0 Å². The van der Waals surface area contributed by atoms with Crippen LogP contribution in [0.25, 0.3) is 0 Å². The fourth-order valence-corrected chi connectivity index (χ4v) is 5.65. The molecule has 1 heterocycles. The van der Waals surface area contributed by atoms with E-state index in [1.807, 2.05) is 0 Å². The first-order valence-corrected chi connectivity index (χ1v) is 10.9. The first-order chi connectivity index (χ1) is 14.8. The van der Waals surface area contributed by atoms with Crippen molar-refractivity contribution in [2.45, 2.75) is 82.6 Å². The maximum atomic E-state index is 13.1. The van der Waals surface area contributed by atoms with Crippen LogP contribution in [0.2, 0.25) is 0 Å². The van der Waals surface area contributed by atoms with Crippen molar-refractivity contribution in [3.8, 4) is 11.5 Å². The van der Waals surface area contributed by atoms with Crippen molar-refractivity contribution in [1.82, 2.24) is 0 Å². The van der Waals surface area contributed by atoms with E-state index in [1.165, 1.54) is 12.1 Å². The highest BCUT2D eigenvalue weighted by atomic mass is 19.4. The summed E-state index contributed by atoms with van der Waals surface area (Å²) in [5.41, 5.74) is -0.488. The van der Waals surface area contributed by atoms with Gasteiger partial charge in [-0.25, -0.2) is 4.79 Å². The molecule has 3 aliphatic rings. The van der Waals surface area contributed by atoms with Gasteiger partial charge in [0.15, 0.2) is 11.5 Å². The second kappa shape index (κ2) is 8.76. The van der Waals surface area contributed by atoms with Gasteiger partial charge >= 0.3 is 19.0 Å². The van der Waals surface area contributed by atoms with Crippen LogP contribution in [-0.4, -0.2) is 24.1 Å². The van der Waals surface area contributed by atoms with Gasteiger partial charge in [-0.3, -0.25) is 4.74 Å². The average molecular weight is 444 g/mol. The predicted octanol–water partition coefficient (Wildman–Crippen LogP) is 6.33. The van der Waals surface area contributed by atoms with Gasteiger partial charge in [-0.15, -0.1) is 13.2 Å². The third-order valence-electron chi connectivity index (χ3n) is 6.75. The number of carboxylic acid groups (broad SMARTS) is 1. The van der Waals surface area contributed by atoms with E-state index in [0.717, 1.165) is 64.2 Å². The monoisotopic (exact) mass is 444 g/mol. The molecule has 31 heavy (non-hydrogen) atoms. The van der Waals surface area contributed by atoms with Crippen LogP contribution in [0.1, 0.15) is 69.8 Å². The Kier molecular flexibility index (Phi) is 6.23. The molecule has 0 amide bonds. The Morgan fingerprint density at radius 3 is 2.10 bits per heavy atom. The molecule has 1 aromatic carbocycles. The summed E-state index contributed by atoms with van der Waals surface area (Å²) in [7, 11) is 0. The van der Waals surface area contributed by atoms with Gasteiger partial charge in [-0.2, -0.15) is 0 Å². The zero-order valence-corrected chi connectivity index (χ0v) is 17.2. The highest BCUT2D eigenvalue weighted by Crippen LogP contribution is 2.58. The number of ether oxygens (including phenoxy) is 4. The van der Waals surface area contributed by atoms with Crippen molar-refractivity contribution in [2.24, 2.45) is 11.8 Å². The van der Waals surface area contributed by atoms with E-state index in [-0.39, 0.29) is 17.6 Å². The zero-order chi connectivity index (χ0) is 22.1. The van der Waals surface area contributed by atoms with Gasteiger partial charge in [0.1, 0.15) is 5.60 Å². The number of rotatable bonds is 4. The fraction of sp³-hybridized carbons (Fsp3) is 0.682. The Labute approximate surface area is 178 Å². The Hall–Kier alpha value is -2.16. The second-order valence-corrected chi connectivity index (χ2v) is 8.55. The lowest BCUT2D eigenvalue weighted by molar-refractivity contribution is -0.326. The van der Waals surface area contributed by atoms with Gasteiger partial charge in [0.25, 0.3) is 0 Å². The van der Waals surface area contributed by atoms with Gasteiger partial charge in [0, 0.05) is 5.56 Å². The van der Waals surface area contributed by atoms with Crippen LogP contribution in [0.4, 0.5) is 18.0 Å². The SMILES string of the molecule is O=C(O)OC1Oc2c(OC(F)(F)F)cccc2C(C2CCCCC2)(C2CCCCC2)O1. The van der Waals surface area contributed by atoms with Crippen LogP contribution in [-0.2, 0) is 15.1 Å². The van der Waals surface area contributed by atoms with Gasteiger partial charge in [0.05, 0.1) is 0 Å². The Bertz CT molecular complexity index is 766. The molecule has 0 saturated heterocycles. The predicted molar refractivity (Wildman–Crippen MR) is 103 cm³/mol. The Morgan fingerprint density at radius 2 is 1.58 bits per heavy atom. The lowest BCUT2D eigenvalue weighted by atomic mass is 9.63. The summed E-state index contributed by atoms with van der Waals surface area (Å²) in [5, 5.41) is 9.17. The van der Waals surface area contributed by atoms with E-state index in [0.29, 0.717) is 5.56 Å². The topological polar surface area (TPSA) is 74.2 Å². The smallest absolute Gasteiger partial charge is 0.450 e. The van der Waals surface area contributed by atoms with Crippen LogP contribution < -0.4 is 9.47 Å². The minimum absolute atomic E-state index is 0.0213. The summed E-state index contributed by atoms with van der Waals surface area (Å²) < 4.78 is 60.1. The van der Waals surface area contributed by atoms with Gasteiger partial charge in [-0.1, -0.05) is 50.7 Å². The van der Waals surface area contributed by atoms with Crippen molar-refractivity contribution in [2.75, 3.05) is 0 Å². The summed E-state index contributed by atoms with van der Waals surface area (Å²) in [4.78, 5) is 11.3. The Morgan fingerprint density at radius 1 is 1.00 bits per heavy atom. The number of alkyl halides is 3. The summed E-state index contributed by atoms with van der Waals surface area (Å²) in [6.07, 6.45) is 2.98. The third kappa shape index (κ3) is 4.56. The normalized spacial score (nSPS) is 24.7. The maximum Gasteiger partial charge on any atom is 0.573 e. The molecule has 1 aliphatic heterocycles. The number of hydrogen-bond acceptors (Lipinski definition) is 5. The standard InChI is InChI=1S/C22H27F3O6/c23-22(24,25)30-17-13-7-12-16-18(17)28-20(29-19(26)27)31-21(16,14-8-3-1-4-9-14)15-10-5-2-6-11-15/h7,12-15,20H,1-6,8-11H2,(H,26,27). The Balaban J connectivity index is 1.86. The molecule has 1 atom stereocenters. The van der Waals surface area contributed by atoms with Crippen molar-refractivity contribution < 1.29 is 42.0 Å². The van der Waals surface area contributed by atoms with Gasteiger partial charge in [0.2, 0.25) is 0 Å². The molecular formula is C22H27F3O6. The molecule has 172 valence electrons. The average Bonchev–Trinajstić information content (AvgIpc) is 2.73. The number of halogens is 3. The molecular weight excluding hydrogens is 417 g/mol. The van der Waals surface area contributed by atoms with Crippen LogP contribution in [0.5, 0.6) is 11.5 Å². The molecule has 0 spiro atoms. The molecule has 0 radical (unpaired) electrons. The van der Waals surface area contributed by atoms with Crippen LogP contribution in [0.3, 0.4) is 0 Å². The highest BCUT2D eigenvalue weighted by Gasteiger charge is 2.55. The van der Waals surface area contributed by atoms with E-state index >= 15 is 0 Å². The summed E-state index contributed by atoms with van der Waals surface area (Å²) in [6, 6.07) is 4.39. The second-order valence-electron chi connectivity index (χ2n) is 8.55. The molecule has 0 aromatic heterocycles. The van der Waals surface area contributed by atoms with E-state index in [9.17, 15) is 18.0 Å². The molecule has 6 nitrogen and oxygen atoms in total. The molecule has 2 fully saturated rings. The largest absolute Gasteiger partial charge is 0.573 e. The van der Waals surface area contributed by atoms with E-state index < -0.39 is 30.3 Å². The molecule has 2 saturated carbocycles. The van der Waals surface area contributed by atoms with E-state index in [4.69, 9.17) is 19.3 Å². The molecule has 1 N–H and O–H groups in total. The minimum Gasteiger partial charge on any atom is -0.450 e. The number of hydrogen-bond donors (Lipinski definition) is 1. The number of benzene rings is 1. The number of carbonyl (C=O) groups is 1. The third-order valence-corrected chi connectivity index (χ3v) is 6.75. The van der Waals surface area contributed by atoms with E-state index in [1.54, 1.807) is 6.07 Å². The lowest BCUT2D eigenvalue weighted by Gasteiger charge is -2.52. The van der Waals surface area contributed by atoms with Gasteiger partial charge < -0.3 is 19.3 Å². The molecule has 1 aromatic rings. The fourth-order valence-electron chi connectivity index (χ4n) is 5.65. The summed E-state index contributed by atoms with van der Waals surface area (Å²) in [6.45, 7) is -1.66. The van der Waals surface area contributed by atoms with Crippen molar-refractivity contribution in [1.29, 1.82) is 0 Å². The van der Waals surface area contributed by atoms with Crippen LogP contribution in [0.15, 0.2) is 18.2 Å². The van der Waals surface area contributed by atoms with E-state index in [2.05, 4.69) is 4.74 Å². The first-order valence-electron chi connectivity index (χ1n) is 10.9. The number of fused-ring (bicyclic) bond motifs is 1. The molecule has 9 heteroatoms. The summed E-state index contributed by atoms with van der Waals surface area (Å²) in [5.74, 6) is -0.613. The maximum absolute atomic E-state index is 13.1. The zero-order valence-electron chi connectivity index (χ0n) is 17.2. The lowest BCUT2D eigenvalue weighted by Crippen LogP contribution is -2.53. The number of para-hydroxylation sites is 1. The molecule has 1 unspecified atom stereocenters. The highest BCUT2D eigenvalue weighted by molar-refractivity contribution is 5.57. The van der Waals surface area contributed by atoms with Crippen LogP contribution in [0, 0.1) is 11.8 Å². The van der Waals surface area contributed by atoms with Crippen molar-refractivity contribution in [3.05, 3.63) is 23.8 Å².